The number of anilines is 2. The molecule has 0 atom stereocenters. The molecular formula is C11H15N5O. The zero-order chi connectivity index (χ0) is 12.1. The van der Waals surface area contributed by atoms with Crippen molar-refractivity contribution in [2.75, 3.05) is 16.9 Å². The van der Waals surface area contributed by atoms with Crippen LogP contribution in [0.2, 0.25) is 0 Å². The van der Waals surface area contributed by atoms with Crippen LogP contribution in [0.4, 0.5) is 11.6 Å². The molecule has 0 aliphatic rings. The Morgan fingerprint density at radius 2 is 2.35 bits per heavy atom. The Labute approximate surface area is 99.4 Å². The van der Waals surface area contributed by atoms with Crippen molar-refractivity contribution in [2.24, 2.45) is 5.84 Å². The largest absolute Gasteiger partial charge is 0.467 e. The monoisotopic (exact) mass is 233 g/mol. The van der Waals surface area contributed by atoms with Crippen LogP contribution in [0, 0.1) is 0 Å². The predicted molar refractivity (Wildman–Crippen MR) is 65.3 cm³/mol. The molecule has 0 bridgehead atoms. The number of hydrogen-bond donors (Lipinski definition) is 2. The van der Waals surface area contributed by atoms with E-state index in [1.807, 2.05) is 24.0 Å². The number of furan rings is 1. The maximum Gasteiger partial charge on any atom is 0.160 e. The average Bonchev–Trinajstić information content (AvgIpc) is 2.89. The second kappa shape index (κ2) is 5.31. The number of rotatable bonds is 5. The number of hydrogen-bond acceptors (Lipinski definition) is 6. The van der Waals surface area contributed by atoms with E-state index >= 15 is 0 Å². The highest BCUT2D eigenvalue weighted by molar-refractivity contribution is 5.43. The van der Waals surface area contributed by atoms with E-state index in [-0.39, 0.29) is 0 Å². The molecule has 2 aromatic heterocycles. The minimum atomic E-state index is 0.542. The minimum Gasteiger partial charge on any atom is -0.467 e. The molecule has 2 rings (SSSR count). The minimum absolute atomic E-state index is 0.542. The highest BCUT2D eigenvalue weighted by Crippen LogP contribution is 2.15. The van der Waals surface area contributed by atoms with Gasteiger partial charge in [0.1, 0.15) is 11.6 Å². The molecule has 0 fully saturated rings. The van der Waals surface area contributed by atoms with E-state index in [4.69, 9.17) is 10.3 Å². The van der Waals surface area contributed by atoms with Gasteiger partial charge in [-0.2, -0.15) is 0 Å². The number of nitrogens with two attached hydrogens (primary N) is 1. The Balaban J connectivity index is 2.16. The summed E-state index contributed by atoms with van der Waals surface area (Å²) >= 11 is 0. The molecule has 2 heterocycles. The molecule has 0 aromatic carbocycles. The van der Waals surface area contributed by atoms with Crippen molar-refractivity contribution >= 4 is 11.6 Å². The fourth-order valence-corrected chi connectivity index (χ4v) is 1.52. The fourth-order valence-electron chi connectivity index (χ4n) is 1.52. The smallest absolute Gasteiger partial charge is 0.160 e. The van der Waals surface area contributed by atoms with Gasteiger partial charge in [-0.15, -0.1) is 0 Å². The summed E-state index contributed by atoms with van der Waals surface area (Å²) in [5, 5.41) is 0. The zero-order valence-corrected chi connectivity index (χ0v) is 9.63. The maximum absolute atomic E-state index is 5.31. The van der Waals surface area contributed by atoms with Crippen LogP contribution >= 0.6 is 0 Å². The third-order valence-corrected chi connectivity index (χ3v) is 2.40. The fraction of sp³-hybridized carbons (Fsp3) is 0.273. The molecule has 6 nitrogen and oxygen atoms in total. The van der Waals surface area contributed by atoms with Crippen LogP contribution in [0.3, 0.4) is 0 Å². The first-order valence-electron chi connectivity index (χ1n) is 5.39. The SMILES string of the molecule is CCN(Cc1ccco1)c1cncc(NN)n1. The molecule has 17 heavy (non-hydrogen) atoms. The number of nitrogen functional groups attached to an aromatic ring is 1. The Kier molecular flexibility index (Phi) is 3.56. The van der Waals surface area contributed by atoms with Crippen LogP contribution in [-0.2, 0) is 6.54 Å². The molecule has 0 unspecified atom stereocenters. The van der Waals surface area contributed by atoms with Crippen molar-refractivity contribution in [3.05, 3.63) is 36.5 Å². The van der Waals surface area contributed by atoms with Crippen LogP contribution in [-0.4, -0.2) is 16.5 Å². The summed E-state index contributed by atoms with van der Waals surface area (Å²) in [6.45, 7) is 3.52. The van der Waals surface area contributed by atoms with Crippen LogP contribution in [0.15, 0.2) is 35.2 Å². The highest BCUT2D eigenvalue weighted by atomic mass is 16.3. The Hall–Kier alpha value is -2.08. The molecule has 0 saturated heterocycles. The average molecular weight is 233 g/mol. The molecule has 0 amide bonds. The van der Waals surface area contributed by atoms with Gasteiger partial charge in [-0.1, -0.05) is 0 Å². The predicted octanol–water partition coefficient (Wildman–Crippen LogP) is 1.38. The summed E-state index contributed by atoms with van der Waals surface area (Å²) in [5.41, 5.74) is 2.48. The number of aromatic nitrogens is 2. The summed E-state index contributed by atoms with van der Waals surface area (Å²) in [7, 11) is 0. The van der Waals surface area contributed by atoms with Crippen molar-refractivity contribution in [3.63, 3.8) is 0 Å². The summed E-state index contributed by atoms with van der Waals surface area (Å²) in [6.07, 6.45) is 4.93. The zero-order valence-electron chi connectivity index (χ0n) is 9.63. The molecule has 90 valence electrons. The Morgan fingerprint density at radius 3 is 3.00 bits per heavy atom. The summed E-state index contributed by atoms with van der Waals surface area (Å²) in [6, 6.07) is 3.80. The van der Waals surface area contributed by atoms with Gasteiger partial charge < -0.3 is 14.7 Å². The van der Waals surface area contributed by atoms with Gasteiger partial charge in [-0.25, -0.2) is 10.8 Å². The number of nitrogens with zero attached hydrogens (tertiary/aromatic N) is 3. The lowest BCUT2D eigenvalue weighted by atomic mass is 10.4. The highest BCUT2D eigenvalue weighted by Gasteiger charge is 2.09. The van der Waals surface area contributed by atoms with Crippen LogP contribution < -0.4 is 16.2 Å². The molecule has 0 aliphatic heterocycles. The lowest BCUT2D eigenvalue weighted by Crippen LogP contribution is -2.23. The summed E-state index contributed by atoms with van der Waals surface area (Å²) in [5.74, 6) is 7.50. The van der Waals surface area contributed by atoms with E-state index in [1.54, 1.807) is 18.7 Å². The molecule has 2 aromatic rings. The molecular weight excluding hydrogens is 218 g/mol. The van der Waals surface area contributed by atoms with E-state index < -0.39 is 0 Å². The van der Waals surface area contributed by atoms with Crippen LogP contribution in [0.5, 0.6) is 0 Å². The van der Waals surface area contributed by atoms with Gasteiger partial charge in [0.25, 0.3) is 0 Å². The molecule has 6 heteroatoms. The second-order valence-corrected chi connectivity index (χ2v) is 3.50. The Morgan fingerprint density at radius 1 is 1.47 bits per heavy atom. The normalized spacial score (nSPS) is 10.2. The van der Waals surface area contributed by atoms with Gasteiger partial charge >= 0.3 is 0 Å². The van der Waals surface area contributed by atoms with E-state index in [1.165, 1.54) is 0 Å². The Bertz CT molecular complexity index is 457. The van der Waals surface area contributed by atoms with Crippen LogP contribution in [0.1, 0.15) is 12.7 Å². The van der Waals surface area contributed by atoms with E-state index in [0.717, 1.165) is 18.1 Å². The van der Waals surface area contributed by atoms with Gasteiger partial charge in [0, 0.05) is 6.54 Å². The van der Waals surface area contributed by atoms with Crippen molar-refractivity contribution in [1.29, 1.82) is 0 Å². The van der Waals surface area contributed by atoms with Crippen molar-refractivity contribution in [2.45, 2.75) is 13.5 Å². The molecule has 0 saturated carbocycles. The standard InChI is InChI=1S/C11H15N5O/c1-2-16(8-9-4-3-5-17-9)11-7-13-6-10(14-11)15-12/h3-7H,2,8,12H2,1H3,(H,14,15). The number of hydrazine groups is 1. The van der Waals surface area contributed by atoms with Gasteiger partial charge in [0.15, 0.2) is 5.82 Å². The van der Waals surface area contributed by atoms with Crippen LogP contribution in [0.25, 0.3) is 0 Å². The first-order chi connectivity index (χ1) is 8.33. The molecule has 3 N–H and O–H groups in total. The number of nitrogens with one attached hydrogen (secondary N) is 1. The van der Waals surface area contributed by atoms with Gasteiger partial charge in [-0.05, 0) is 19.1 Å². The van der Waals surface area contributed by atoms with Crippen molar-refractivity contribution < 1.29 is 4.42 Å². The van der Waals surface area contributed by atoms with E-state index in [2.05, 4.69) is 15.4 Å². The second-order valence-electron chi connectivity index (χ2n) is 3.50. The van der Waals surface area contributed by atoms with Gasteiger partial charge in [0.05, 0.1) is 25.2 Å². The first-order valence-corrected chi connectivity index (χ1v) is 5.39. The molecule has 0 aliphatic carbocycles. The third-order valence-electron chi connectivity index (χ3n) is 2.40. The van der Waals surface area contributed by atoms with Gasteiger partial charge in [0.2, 0.25) is 0 Å². The first kappa shape index (κ1) is 11.4. The third kappa shape index (κ3) is 2.73. The van der Waals surface area contributed by atoms with Crippen molar-refractivity contribution in [3.8, 4) is 0 Å². The topological polar surface area (TPSA) is 80.2 Å². The molecule has 0 spiro atoms. The van der Waals surface area contributed by atoms with E-state index in [0.29, 0.717) is 12.4 Å². The van der Waals surface area contributed by atoms with Gasteiger partial charge in [-0.3, -0.25) is 4.98 Å². The quantitative estimate of drug-likeness (QED) is 0.600. The lowest BCUT2D eigenvalue weighted by Gasteiger charge is -2.20. The van der Waals surface area contributed by atoms with Crippen molar-refractivity contribution in [1.82, 2.24) is 9.97 Å². The summed E-state index contributed by atoms with van der Waals surface area (Å²) in [4.78, 5) is 10.5. The maximum atomic E-state index is 5.31. The lowest BCUT2D eigenvalue weighted by molar-refractivity contribution is 0.503. The van der Waals surface area contributed by atoms with E-state index in [9.17, 15) is 0 Å². The molecule has 0 radical (unpaired) electrons. The summed E-state index contributed by atoms with van der Waals surface area (Å²) < 4.78 is 5.31.